The van der Waals surface area contributed by atoms with Crippen molar-refractivity contribution in [3.05, 3.63) is 35.1 Å². The molecular formula is C22H30F3N3O2. The molecule has 0 spiro atoms. The van der Waals surface area contributed by atoms with Crippen molar-refractivity contribution in [2.75, 3.05) is 0 Å². The zero-order chi connectivity index (χ0) is 22.2. The number of benzene rings is 1. The van der Waals surface area contributed by atoms with Crippen molar-refractivity contribution in [2.45, 2.75) is 77.0 Å². The molecule has 5 nitrogen and oxygen atoms in total. The van der Waals surface area contributed by atoms with Crippen LogP contribution in [0.4, 0.5) is 13.2 Å². The highest BCUT2D eigenvalue weighted by molar-refractivity contribution is 5.88. The number of halogens is 3. The van der Waals surface area contributed by atoms with Crippen LogP contribution in [0.25, 0.3) is 0 Å². The third-order valence-corrected chi connectivity index (χ3v) is 6.43. The van der Waals surface area contributed by atoms with Crippen molar-refractivity contribution >= 4 is 11.8 Å². The van der Waals surface area contributed by atoms with E-state index in [9.17, 15) is 22.8 Å². The maximum atomic E-state index is 14.0. The Hall–Kier alpha value is -2.09. The van der Waals surface area contributed by atoms with Crippen LogP contribution < -0.4 is 11.1 Å². The summed E-state index contributed by atoms with van der Waals surface area (Å²) < 4.78 is 40.6. The Bertz CT molecular complexity index is 803. The van der Waals surface area contributed by atoms with Gasteiger partial charge >= 0.3 is 0 Å². The summed E-state index contributed by atoms with van der Waals surface area (Å²) in [7, 11) is 0. The van der Waals surface area contributed by atoms with Crippen LogP contribution in [0.15, 0.2) is 12.1 Å². The van der Waals surface area contributed by atoms with E-state index < -0.39 is 29.5 Å². The summed E-state index contributed by atoms with van der Waals surface area (Å²) in [5.74, 6) is -3.49. The van der Waals surface area contributed by atoms with Crippen molar-refractivity contribution in [3.8, 4) is 0 Å². The van der Waals surface area contributed by atoms with Crippen LogP contribution in [0.3, 0.4) is 0 Å². The van der Waals surface area contributed by atoms with E-state index in [1.165, 1.54) is 0 Å². The van der Waals surface area contributed by atoms with Gasteiger partial charge in [0.1, 0.15) is 11.9 Å². The predicted octanol–water partition coefficient (Wildman–Crippen LogP) is 2.90. The van der Waals surface area contributed by atoms with E-state index in [-0.39, 0.29) is 47.7 Å². The Labute approximate surface area is 175 Å². The molecule has 0 saturated carbocycles. The molecule has 2 heterocycles. The lowest BCUT2D eigenvalue weighted by Crippen LogP contribution is -2.55. The zero-order valence-corrected chi connectivity index (χ0v) is 17.6. The van der Waals surface area contributed by atoms with Crippen LogP contribution in [0.1, 0.15) is 52.0 Å². The van der Waals surface area contributed by atoms with E-state index in [4.69, 9.17) is 5.73 Å². The van der Waals surface area contributed by atoms with Gasteiger partial charge < -0.3 is 16.0 Å². The SMILES string of the molecule is CC(C)C(=O)N[C@@H](C)C(=O)N1[C@@H]2CC[C@H]1C[C@@H]([C@H](N)Cc1cc(F)c(F)cc1F)C2. The highest BCUT2D eigenvalue weighted by Crippen LogP contribution is 2.40. The predicted molar refractivity (Wildman–Crippen MR) is 107 cm³/mol. The summed E-state index contributed by atoms with van der Waals surface area (Å²) in [6.45, 7) is 5.25. The van der Waals surface area contributed by atoms with Gasteiger partial charge in [0.25, 0.3) is 0 Å². The van der Waals surface area contributed by atoms with Gasteiger partial charge in [-0.3, -0.25) is 9.59 Å². The average molecular weight is 425 g/mol. The van der Waals surface area contributed by atoms with Crippen molar-refractivity contribution < 1.29 is 22.8 Å². The molecule has 2 aliphatic rings. The van der Waals surface area contributed by atoms with E-state index in [0.717, 1.165) is 18.9 Å². The first kappa shape index (κ1) is 22.6. The van der Waals surface area contributed by atoms with Gasteiger partial charge in [-0.15, -0.1) is 0 Å². The second-order valence-corrected chi connectivity index (χ2v) is 8.97. The minimum absolute atomic E-state index is 0.0282. The molecule has 0 radical (unpaired) electrons. The Morgan fingerprint density at radius 3 is 2.20 bits per heavy atom. The first-order valence-electron chi connectivity index (χ1n) is 10.6. The highest BCUT2D eigenvalue weighted by Gasteiger charge is 2.45. The molecule has 30 heavy (non-hydrogen) atoms. The molecular weight excluding hydrogens is 395 g/mol. The molecule has 5 atom stereocenters. The molecule has 1 aromatic rings. The van der Waals surface area contributed by atoms with Crippen LogP contribution in [0.5, 0.6) is 0 Å². The van der Waals surface area contributed by atoms with Crippen LogP contribution >= 0.6 is 0 Å². The molecule has 3 rings (SSSR count). The molecule has 3 N–H and O–H groups in total. The number of nitrogens with two attached hydrogens (primary N) is 1. The van der Waals surface area contributed by atoms with Gasteiger partial charge in [0.15, 0.2) is 11.6 Å². The summed E-state index contributed by atoms with van der Waals surface area (Å²) in [4.78, 5) is 26.8. The number of nitrogens with zero attached hydrogens (tertiary/aromatic N) is 1. The van der Waals surface area contributed by atoms with Gasteiger partial charge in [-0.25, -0.2) is 13.2 Å². The number of piperidine rings is 1. The molecule has 1 aromatic carbocycles. The van der Waals surface area contributed by atoms with Crippen LogP contribution in [0, 0.1) is 29.3 Å². The lowest BCUT2D eigenvalue weighted by molar-refractivity contribution is -0.141. The lowest BCUT2D eigenvalue weighted by atomic mass is 9.82. The standard InChI is InChI=1S/C22H30F3N3O2/c1-11(2)21(29)27-12(3)22(30)28-15-4-5-16(28)7-14(6-15)20(26)9-13-8-18(24)19(25)10-17(13)23/h8,10-12,14-16,20H,4-7,9,26H2,1-3H3,(H,27,29)/t12-,14-,15+,16-,20+/m0/s1. The van der Waals surface area contributed by atoms with E-state index in [1.54, 1.807) is 20.8 Å². The zero-order valence-electron chi connectivity index (χ0n) is 17.6. The van der Waals surface area contributed by atoms with Crippen molar-refractivity contribution in [1.82, 2.24) is 10.2 Å². The van der Waals surface area contributed by atoms with Gasteiger partial charge in [0, 0.05) is 30.1 Å². The monoisotopic (exact) mass is 425 g/mol. The third kappa shape index (κ3) is 4.63. The van der Waals surface area contributed by atoms with Crippen LogP contribution in [-0.2, 0) is 16.0 Å². The van der Waals surface area contributed by atoms with E-state index >= 15 is 0 Å². The first-order valence-corrected chi connectivity index (χ1v) is 10.6. The van der Waals surface area contributed by atoms with E-state index in [0.29, 0.717) is 18.9 Å². The number of carbonyl (C=O) groups is 2. The quantitative estimate of drug-likeness (QED) is 0.689. The molecule has 0 unspecified atom stereocenters. The van der Waals surface area contributed by atoms with Crippen molar-refractivity contribution in [3.63, 3.8) is 0 Å². The molecule has 0 aliphatic carbocycles. The largest absolute Gasteiger partial charge is 0.344 e. The minimum Gasteiger partial charge on any atom is -0.344 e. The summed E-state index contributed by atoms with van der Waals surface area (Å²) in [6.07, 6.45) is 3.20. The minimum atomic E-state index is -1.21. The van der Waals surface area contributed by atoms with Crippen molar-refractivity contribution in [1.29, 1.82) is 0 Å². The molecule has 166 valence electrons. The Kier molecular flexibility index (Phi) is 6.75. The molecule has 2 amide bonds. The topological polar surface area (TPSA) is 75.4 Å². The van der Waals surface area contributed by atoms with Crippen molar-refractivity contribution in [2.24, 2.45) is 17.6 Å². The Balaban J connectivity index is 1.63. The van der Waals surface area contributed by atoms with Gasteiger partial charge in [-0.05, 0) is 56.6 Å². The Morgan fingerprint density at radius 2 is 1.63 bits per heavy atom. The van der Waals surface area contributed by atoms with Crippen LogP contribution in [-0.4, -0.2) is 40.9 Å². The fourth-order valence-electron chi connectivity index (χ4n) is 4.73. The summed E-state index contributed by atoms with van der Waals surface area (Å²) in [5, 5.41) is 2.77. The number of hydrogen-bond donors (Lipinski definition) is 2. The number of hydrogen-bond acceptors (Lipinski definition) is 3. The number of rotatable bonds is 6. The molecule has 2 saturated heterocycles. The van der Waals surface area contributed by atoms with E-state index in [1.807, 2.05) is 4.90 Å². The number of nitrogens with one attached hydrogen (secondary N) is 1. The fourth-order valence-corrected chi connectivity index (χ4v) is 4.73. The third-order valence-electron chi connectivity index (χ3n) is 6.43. The fraction of sp³-hybridized carbons (Fsp3) is 0.636. The lowest BCUT2D eigenvalue weighted by Gasteiger charge is -2.42. The molecule has 8 heteroatoms. The highest BCUT2D eigenvalue weighted by atomic mass is 19.2. The maximum absolute atomic E-state index is 14.0. The van der Waals surface area contributed by atoms with E-state index in [2.05, 4.69) is 5.32 Å². The number of fused-ring (bicyclic) bond motifs is 2. The summed E-state index contributed by atoms with van der Waals surface area (Å²) in [6, 6.07) is 0.472. The van der Waals surface area contributed by atoms with Gasteiger partial charge in [0.2, 0.25) is 11.8 Å². The number of carbonyl (C=O) groups excluding carboxylic acids is 2. The van der Waals surface area contributed by atoms with Gasteiger partial charge in [0.05, 0.1) is 0 Å². The molecule has 2 aliphatic heterocycles. The summed E-state index contributed by atoms with van der Waals surface area (Å²) in [5.41, 5.74) is 6.39. The second-order valence-electron chi connectivity index (χ2n) is 8.97. The average Bonchev–Trinajstić information content (AvgIpc) is 2.94. The molecule has 2 fully saturated rings. The van der Waals surface area contributed by atoms with Gasteiger partial charge in [-0.1, -0.05) is 13.8 Å². The normalized spacial score (nSPS) is 25.3. The summed E-state index contributed by atoms with van der Waals surface area (Å²) >= 11 is 0. The first-order chi connectivity index (χ1) is 14.1. The van der Waals surface area contributed by atoms with Gasteiger partial charge in [-0.2, -0.15) is 0 Å². The smallest absolute Gasteiger partial charge is 0.245 e. The maximum Gasteiger partial charge on any atom is 0.245 e. The molecule has 0 aromatic heterocycles. The molecule has 2 bridgehead atoms. The van der Waals surface area contributed by atoms with Crippen LogP contribution in [0.2, 0.25) is 0 Å². The second kappa shape index (κ2) is 8.96. The number of amides is 2. The Morgan fingerprint density at radius 1 is 1.07 bits per heavy atom.